The molecule has 0 unspecified atom stereocenters. The summed E-state index contributed by atoms with van der Waals surface area (Å²) >= 11 is 0. The Morgan fingerprint density at radius 1 is 0.778 bits per heavy atom. The molecule has 0 radical (unpaired) electrons. The van der Waals surface area contributed by atoms with Crippen LogP contribution >= 0.6 is 0 Å². The maximum absolute atomic E-state index is 10.7. The minimum absolute atomic E-state index is 0.0989. The van der Waals surface area contributed by atoms with Gasteiger partial charge in [0.1, 0.15) is 24.0 Å². The summed E-state index contributed by atoms with van der Waals surface area (Å²) in [5.74, 6) is 0.870. The second kappa shape index (κ2) is 7.44. The van der Waals surface area contributed by atoms with Crippen LogP contribution in [0.25, 0.3) is 0 Å². The van der Waals surface area contributed by atoms with Crippen LogP contribution in [-0.2, 0) is 0 Å². The topological polar surface area (TPSA) is 136 Å². The first-order valence-electron chi connectivity index (χ1n) is 7.78. The number of anilines is 4. The van der Waals surface area contributed by atoms with E-state index in [1.54, 1.807) is 0 Å². The Bertz CT molecular complexity index is 989. The third-order valence-corrected chi connectivity index (χ3v) is 3.62. The van der Waals surface area contributed by atoms with E-state index in [0.29, 0.717) is 23.0 Å². The van der Waals surface area contributed by atoms with Gasteiger partial charge < -0.3 is 10.6 Å². The summed E-state index contributed by atoms with van der Waals surface area (Å²) < 4.78 is 0. The summed E-state index contributed by atoms with van der Waals surface area (Å²) in [6, 6.07) is 11.3. The van der Waals surface area contributed by atoms with E-state index in [2.05, 4.69) is 20.6 Å². The van der Waals surface area contributed by atoms with Crippen molar-refractivity contribution in [3.05, 3.63) is 80.7 Å². The maximum Gasteiger partial charge on any atom is 0.287 e. The van der Waals surface area contributed by atoms with Crippen molar-refractivity contribution in [1.82, 2.24) is 9.97 Å². The quantitative estimate of drug-likeness (QED) is 0.492. The van der Waals surface area contributed by atoms with E-state index in [0.717, 1.165) is 5.56 Å². The summed E-state index contributed by atoms with van der Waals surface area (Å²) in [5.41, 5.74) is 2.14. The predicted octanol–water partition coefficient (Wildman–Crippen LogP) is 4.09. The van der Waals surface area contributed by atoms with Gasteiger partial charge in [0.2, 0.25) is 0 Å². The predicted molar refractivity (Wildman–Crippen MR) is 99.5 cm³/mol. The first-order chi connectivity index (χ1) is 12.9. The van der Waals surface area contributed by atoms with Crippen LogP contribution in [0.15, 0.2) is 54.9 Å². The Morgan fingerprint density at radius 3 is 1.74 bits per heavy atom. The van der Waals surface area contributed by atoms with Gasteiger partial charge in [0.05, 0.1) is 21.2 Å². The molecule has 0 aliphatic carbocycles. The number of pyridine rings is 2. The third kappa shape index (κ3) is 4.31. The number of rotatable bonds is 6. The van der Waals surface area contributed by atoms with Crippen molar-refractivity contribution in [3.63, 3.8) is 0 Å². The van der Waals surface area contributed by atoms with Gasteiger partial charge in [0, 0.05) is 12.1 Å². The molecule has 2 aromatic heterocycles. The molecule has 3 aromatic rings. The number of hydrogen-bond donors (Lipinski definition) is 2. The lowest BCUT2D eigenvalue weighted by Gasteiger charge is -2.14. The minimum Gasteiger partial charge on any atom is -0.339 e. The van der Waals surface area contributed by atoms with Gasteiger partial charge in [-0.15, -0.1) is 0 Å². The number of aromatic nitrogens is 2. The lowest BCUT2D eigenvalue weighted by molar-refractivity contribution is -0.385. The number of benzene rings is 1. The fourth-order valence-corrected chi connectivity index (χ4v) is 2.28. The van der Waals surface area contributed by atoms with Crippen LogP contribution in [0, 0.1) is 27.2 Å². The van der Waals surface area contributed by atoms with Crippen molar-refractivity contribution >= 4 is 34.4 Å². The summed E-state index contributed by atoms with van der Waals surface area (Å²) in [6.45, 7) is 1.92. The van der Waals surface area contributed by atoms with Crippen molar-refractivity contribution in [2.75, 3.05) is 10.6 Å². The monoisotopic (exact) mass is 366 g/mol. The van der Waals surface area contributed by atoms with Crippen LogP contribution in [0.3, 0.4) is 0 Å². The van der Waals surface area contributed by atoms with Gasteiger partial charge in [-0.1, -0.05) is 6.07 Å². The average Bonchev–Trinajstić information content (AvgIpc) is 2.65. The van der Waals surface area contributed by atoms with Crippen molar-refractivity contribution < 1.29 is 9.85 Å². The lowest BCUT2D eigenvalue weighted by Crippen LogP contribution is -2.01. The van der Waals surface area contributed by atoms with Crippen LogP contribution in [0.5, 0.6) is 0 Å². The zero-order valence-electron chi connectivity index (χ0n) is 14.1. The van der Waals surface area contributed by atoms with Gasteiger partial charge in [0.25, 0.3) is 11.4 Å². The highest BCUT2D eigenvalue weighted by Gasteiger charge is 2.10. The maximum atomic E-state index is 10.7. The Morgan fingerprint density at radius 2 is 1.30 bits per heavy atom. The molecule has 0 atom stereocenters. The van der Waals surface area contributed by atoms with E-state index < -0.39 is 9.85 Å². The van der Waals surface area contributed by atoms with E-state index in [1.807, 2.05) is 25.1 Å². The lowest BCUT2D eigenvalue weighted by atomic mass is 10.2. The highest BCUT2D eigenvalue weighted by Crippen LogP contribution is 2.29. The number of aryl methyl sites for hydroxylation is 1. The van der Waals surface area contributed by atoms with Gasteiger partial charge in [-0.25, -0.2) is 9.97 Å². The highest BCUT2D eigenvalue weighted by molar-refractivity contribution is 5.77. The van der Waals surface area contributed by atoms with Crippen molar-refractivity contribution in [1.29, 1.82) is 0 Å². The minimum atomic E-state index is -0.518. The Kier molecular flexibility index (Phi) is 4.88. The fourth-order valence-electron chi connectivity index (χ4n) is 2.28. The fraction of sp³-hybridized carbons (Fsp3) is 0.0588. The van der Waals surface area contributed by atoms with Crippen LogP contribution in [0.1, 0.15) is 5.56 Å². The zero-order chi connectivity index (χ0) is 19.4. The SMILES string of the molecule is Cc1ccc(Nc2ccc([N+](=O)[O-])cn2)c(Nc2ccc([N+](=O)[O-])cn2)c1. The second-order valence-corrected chi connectivity index (χ2v) is 5.62. The summed E-state index contributed by atoms with van der Waals surface area (Å²) in [7, 11) is 0. The van der Waals surface area contributed by atoms with Gasteiger partial charge in [-0.2, -0.15) is 0 Å². The van der Waals surface area contributed by atoms with Gasteiger partial charge >= 0.3 is 0 Å². The molecule has 0 fully saturated rings. The number of nitro groups is 2. The van der Waals surface area contributed by atoms with Crippen LogP contribution < -0.4 is 10.6 Å². The second-order valence-electron chi connectivity index (χ2n) is 5.62. The molecule has 10 heteroatoms. The Balaban J connectivity index is 1.84. The van der Waals surface area contributed by atoms with Crippen molar-refractivity contribution in [2.24, 2.45) is 0 Å². The third-order valence-electron chi connectivity index (χ3n) is 3.62. The molecule has 27 heavy (non-hydrogen) atoms. The molecule has 0 aliphatic heterocycles. The summed E-state index contributed by atoms with van der Waals surface area (Å²) in [5, 5.41) is 27.6. The summed E-state index contributed by atoms with van der Waals surface area (Å²) in [6.07, 6.45) is 2.34. The van der Waals surface area contributed by atoms with E-state index in [4.69, 9.17) is 0 Å². The highest BCUT2D eigenvalue weighted by atomic mass is 16.6. The Labute approximate surface area is 153 Å². The summed E-state index contributed by atoms with van der Waals surface area (Å²) in [4.78, 5) is 28.5. The average molecular weight is 366 g/mol. The molecule has 2 N–H and O–H groups in total. The molecule has 0 saturated carbocycles. The van der Waals surface area contributed by atoms with Gasteiger partial charge in [0.15, 0.2) is 0 Å². The van der Waals surface area contributed by atoms with E-state index >= 15 is 0 Å². The Hall–Kier alpha value is -4.08. The van der Waals surface area contributed by atoms with Crippen molar-refractivity contribution in [2.45, 2.75) is 6.92 Å². The molecule has 0 aliphatic rings. The number of nitrogens with one attached hydrogen (secondary N) is 2. The molecule has 0 amide bonds. The van der Waals surface area contributed by atoms with E-state index in [1.165, 1.54) is 36.7 Å². The molecular weight excluding hydrogens is 352 g/mol. The number of hydrogen-bond acceptors (Lipinski definition) is 8. The smallest absolute Gasteiger partial charge is 0.287 e. The van der Waals surface area contributed by atoms with E-state index in [-0.39, 0.29) is 11.4 Å². The van der Waals surface area contributed by atoms with Crippen LogP contribution in [-0.4, -0.2) is 19.8 Å². The molecule has 10 nitrogen and oxygen atoms in total. The number of nitrogens with zero attached hydrogens (tertiary/aromatic N) is 4. The standard InChI is InChI=1S/C17H14N6O4/c1-11-2-5-14(20-16-6-3-12(9-18-16)22(24)25)15(8-11)21-17-7-4-13(10-19-17)23(26)27/h2-10H,1H3,(H,18,20)(H,19,21). The largest absolute Gasteiger partial charge is 0.339 e. The van der Waals surface area contributed by atoms with E-state index in [9.17, 15) is 20.2 Å². The normalized spacial score (nSPS) is 10.3. The molecule has 0 spiro atoms. The molecule has 136 valence electrons. The molecule has 1 aromatic carbocycles. The molecule has 2 heterocycles. The molecular formula is C17H14N6O4. The molecule has 0 saturated heterocycles. The van der Waals surface area contributed by atoms with Crippen LogP contribution in [0.2, 0.25) is 0 Å². The van der Waals surface area contributed by atoms with Crippen molar-refractivity contribution in [3.8, 4) is 0 Å². The van der Waals surface area contributed by atoms with Crippen LogP contribution in [0.4, 0.5) is 34.4 Å². The zero-order valence-corrected chi connectivity index (χ0v) is 14.1. The van der Waals surface area contributed by atoms with Gasteiger partial charge in [-0.3, -0.25) is 20.2 Å². The molecule has 3 rings (SSSR count). The van der Waals surface area contributed by atoms with Gasteiger partial charge in [-0.05, 0) is 36.8 Å². The first-order valence-corrected chi connectivity index (χ1v) is 7.78. The first kappa shape index (κ1) is 17.7. The molecule has 0 bridgehead atoms.